The van der Waals surface area contributed by atoms with Gasteiger partial charge >= 0.3 is 0 Å². The predicted octanol–water partition coefficient (Wildman–Crippen LogP) is 2.22. The minimum atomic E-state index is -0.516. The minimum absolute atomic E-state index is 0.280. The molecule has 0 N–H and O–H groups in total. The third kappa shape index (κ3) is 1.75. The molecule has 3 nitrogen and oxygen atoms in total. The molecule has 1 aliphatic rings. The molecule has 1 heterocycles. The monoisotopic (exact) mass is 211 g/mol. The van der Waals surface area contributed by atoms with Crippen LogP contribution in [0.3, 0.4) is 0 Å². The molecule has 14 heavy (non-hydrogen) atoms. The SMILES string of the molecule is Fc1ccc(N2C=NC=NC2Cl)cc1. The number of alkyl halides is 1. The number of anilines is 1. The molecule has 1 aliphatic heterocycles. The molecule has 0 saturated heterocycles. The van der Waals surface area contributed by atoms with Crippen LogP contribution in [0.15, 0.2) is 34.3 Å². The molecule has 0 spiro atoms. The van der Waals surface area contributed by atoms with Crippen molar-refractivity contribution < 1.29 is 4.39 Å². The van der Waals surface area contributed by atoms with E-state index in [1.165, 1.54) is 18.5 Å². The van der Waals surface area contributed by atoms with Crippen LogP contribution < -0.4 is 4.90 Å². The molecule has 2 rings (SSSR count). The second kappa shape index (κ2) is 3.75. The Morgan fingerprint density at radius 1 is 1.29 bits per heavy atom. The van der Waals surface area contributed by atoms with E-state index in [0.29, 0.717) is 0 Å². The number of rotatable bonds is 1. The van der Waals surface area contributed by atoms with E-state index >= 15 is 0 Å². The predicted molar refractivity (Wildman–Crippen MR) is 55.5 cm³/mol. The van der Waals surface area contributed by atoms with E-state index in [2.05, 4.69) is 9.98 Å². The highest BCUT2D eigenvalue weighted by Crippen LogP contribution is 2.19. The molecule has 0 radical (unpaired) electrons. The zero-order valence-electron chi connectivity index (χ0n) is 7.14. The molecule has 0 aliphatic carbocycles. The van der Waals surface area contributed by atoms with Gasteiger partial charge in [-0.15, -0.1) is 0 Å². The lowest BCUT2D eigenvalue weighted by molar-refractivity contribution is 0.627. The first-order chi connectivity index (χ1) is 6.77. The van der Waals surface area contributed by atoms with Crippen LogP contribution in [0.5, 0.6) is 0 Å². The second-order valence-electron chi connectivity index (χ2n) is 2.72. The van der Waals surface area contributed by atoms with Crippen molar-refractivity contribution in [3.63, 3.8) is 0 Å². The van der Waals surface area contributed by atoms with Gasteiger partial charge in [0.05, 0.1) is 6.34 Å². The van der Waals surface area contributed by atoms with E-state index in [9.17, 15) is 4.39 Å². The average molecular weight is 212 g/mol. The molecule has 0 amide bonds. The van der Waals surface area contributed by atoms with Crippen molar-refractivity contribution in [1.29, 1.82) is 0 Å². The summed E-state index contributed by atoms with van der Waals surface area (Å²) in [7, 11) is 0. The molecule has 0 aromatic heterocycles. The Kier molecular flexibility index (Phi) is 2.45. The highest BCUT2D eigenvalue weighted by molar-refractivity contribution is 6.24. The fraction of sp³-hybridized carbons (Fsp3) is 0.111. The lowest BCUT2D eigenvalue weighted by Gasteiger charge is -2.23. The summed E-state index contributed by atoms with van der Waals surface area (Å²) in [5.41, 5.74) is 0.241. The summed E-state index contributed by atoms with van der Waals surface area (Å²) in [4.78, 5) is 9.36. The second-order valence-corrected chi connectivity index (χ2v) is 3.11. The van der Waals surface area contributed by atoms with Crippen molar-refractivity contribution >= 4 is 30.0 Å². The number of hydrogen-bond donors (Lipinski definition) is 0. The van der Waals surface area contributed by atoms with Crippen molar-refractivity contribution in [2.24, 2.45) is 9.98 Å². The maximum absolute atomic E-state index is 12.6. The highest BCUT2D eigenvalue weighted by atomic mass is 35.5. The Labute approximate surface area is 85.5 Å². The first-order valence-electron chi connectivity index (χ1n) is 4.00. The standard InChI is InChI=1S/C9H7ClFN3/c10-9-13-5-12-6-14(9)8-3-1-7(11)2-4-8/h1-6,9H. The third-order valence-electron chi connectivity index (χ3n) is 1.80. The third-order valence-corrected chi connectivity index (χ3v) is 2.12. The van der Waals surface area contributed by atoms with Gasteiger partial charge in [0.2, 0.25) is 5.62 Å². The van der Waals surface area contributed by atoms with Gasteiger partial charge in [0.15, 0.2) is 0 Å². The summed E-state index contributed by atoms with van der Waals surface area (Å²) in [5.74, 6) is -0.280. The summed E-state index contributed by atoms with van der Waals surface area (Å²) in [6, 6.07) is 5.98. The highest BCUT2D eigenvalue weighted by Gasteiger charge is 2.14. The minimum Gasteiger partial charge on any atom is -0.297 e. The summed E-state index contributed by atoms with van der Waals surface area (Å²) in [6.45, 7) is 0. The summed E-state index contributed by atoms with van der Waals surface area (Å²) >= 11 is 5.90. The van der Waals surface area contributed by atoms with Crippen molar-refractivity contribution in [3.8, 4) is 0 Å². The molecule has 1 unspecified atom stereocenters. The van der Waals surface area contributed by atoms with E-state index in [1.54, 1.807) is 23.4 Å². The number of aliphatic imine (C=N–C) groups is 2. The van der Waals surface area contributed by atoms with Crippen LogP contribution in [-0.2, 0) is 0 Å². The van der Waals surface area contributed by atoms with Crippen LogP contribution in [0.25, 0.3) is 0 Å². The number of nitrogens with zero attached hydrogens (tertiary/aromatic N) is 3. The van der Waals surface area contributed by atoms with E-state index in [0.717, 1.165) is 5.69 Å². The van der Waals surface area contributed by atoms with Crippen LogP contribution in [0.2, 0.25) is 0 Å². The van der Waals surface area contributed by atoms with E-state index < -0.39 is 5.62 Å². The fourth-order valence-corrected chi connectivity index (χ4v) is 1.34. The van der Waals surface area contributed by atoms with Gasteiger partial charge in [-0.05, 0) is 24.3 Å². The molecule has 1 atom stereocenters. The Bertz CT molecular complexity index is 374. The van der Waals surface area contributed by atoms with Gasteiger partial charge < -0.3 is 0 Å². The zero-order chi connectivity index (χ0) is 9.97. The number of benzene rings is 1. The van der Waals surface area contributed by atoms with E-state index in [1.807, 2.05) is 0 Å². The van der Waals surface area contributed by atoms with Crippen molar-refractivity contribution in [1.82, 2.24) is 0 Å². The molecule has 1 aromatic carbocycles. The smallest absolute Gasteiger partial charge is 0.204 e. The zero-order valence-corrected chi connectivity index (χ0v) is 7.89. The van der Waals surface area contributed by atoms with Gasteiger partial charge in [0.25, 0.3) is 0 Å². The Morgan fingerprint density at radius 2 is 2.00 bits per heavy atom. The van der Waals surface area contributed by atoms with Crippen LogP contribution >= 0.6 is 11.6 Å². The van der Waals surface area contributed by atoms with Crippen molar-refractivity contribution in [2.75, 3.05) is 4.90 Å². The number of hydrogen-bond acceptors (Lipinski definition) is 3. The van der Waals surface area contributed by atoms with Gasteiger partial charge in [-0.3, -0.25) is 4.90 Å². The number of halogens is 2. The van der Waals surface area contributed by atoms with Gasteiger partial charge in [-0.25, -0.2) is 14.4 Å². The summed E-state index contributed by atoms with van der Waals surface area (Å²) in [6.07, 6.45) is 2.94. The Morgan fingerprint density at radius 3 is 2.64 bits per heavy atom. The van der Waals surface area contributed by atoms with Gasteiger partial charge in [-0.1, -0.05) is 11.6 Å². The molecule has 0 fully saturated rings. The average Bonchev–Trinajstić information content (AvgIpc) is 2.20. The normalized spacial score (nSPS) is 20.1. The Hall–Kier alpha value is -1.42. The molecule has 1 aromatic rings. The van der Waals surface area contributed by atoms with Crippen molar-refractivity contribution in [3.05, 3.63) is 30.1 Å². The van der Waals surface area contributed by atoms with Crippen LogP contribution in [0.4, 0.5) is 10.1 Å². The van der Waals surface area contributed by atoms with Gasteiger partial charge in [-0.2, -0.15) is 0 Å². The molecule has 5 heteroatoms. The maximum Gasteiger partial charge on any atom is 0.204 e. The summed E-state index contributed by atoms with van der Waals surface area (Å²) in [5, 5.41) is 0. The molecule has 0 bridgehead atoms. The largest absolute Gasteiger partial charge is 0.297 e. The van der Waals surface area contributed by atoms with E-state index in [4.69, 9.17) is 11.6 Å². The fourth-order valence-electron chi connectivity index (χ4n) is 1.12. The maximum atomic E-state index is 12.6. The quantitative estimate of drug-likeness (QED) is 0.517. The van der Waals surface area contributed by atoms with Crippen LogP contribution in [0.1, 0.15) is 0 Å². The van der Waals surface area contributed by atoms with Crippen LogP contribution in [-0.4, -0.2) is 18.3 Å². The summed E-state index contributed by atoms with van der Waals surface area (Å²) < 4.78 is 12.6. The van der Waals surface area contributed by atoms with E-state index in [-0.39, 0.29) is 5.82 Å². The van der Waals surface area contributed by atoms with Crippen LogP contribution in [0, 0.1) is 5.82 Å². The lowest BCUT2D eigenvalue weighted by Crippen LogP contribution is -2.30. The molecule has 0 saturated carbocycles. The van der Waals surface area contributed by atoms with Gasteiger partial charge in [0, 0.05) is 5.69 Å². The molecular formula is C9H7ClFN3. The first kappa shape index (κ1) is 9.15. The first-order valence-corrected chi connectivity index (χ1v) is 4.44. The van der Waals surface area contributed by atoms with Gasteiger partial charge in [0.1, 0.15) is 12.2 Å². The molecular weight excluding hydrogens is 205 g/mol. The van der Waals surface area contributed by atoms with Crippen molar-refractivity contribution in [2.45, 2.75) is 5.62 Å². The Balaban J connectivity index is 2.27. The topological polar surface area (TPSA) is 28.0 Å². The molecule has 72 valence electrons. The lowest BCUT2D eigenvalue weighted by atomic mass is 10.3.